The monoisotopic (exact) mass is 356 g/mol. The van der Waals surface area contributed by atoms with Crippen molar-refractivity contribution in [2.75, 3.05) is 31.1 Å². The fourth-order valence-corrected chi connectivity index (χ4v) is 3.96. The molecule has 1 fully saturated rings. The molecule has 25 heavy (non-hydrogen) atoms. The van der Waals surface area contributed by atoms with Crippen molar-refractivity contribution in [2.24, 2.45) is 0 Å². The summed E-state index contributed by atoms with van der Waals surface area (Å²) in [5, 5.41) is 13.4. The fourth-order valence-electron chi connectivity index (χ4n) is 3.08. The molecule has 8 heteroatoms. The smallest absolute Gasteiger partial charge is 0.234 e. The first-order valence-electron chi connectivity index (χ1n) is 8.46. The number of aromatic nitrogens is 4. The molecule has 1 amide bonds. The van der Waals surface area contributed by atoms with Crippen molar-refractivity contribution < 1.29 is 4.79 Å². The van der Waals surface area contributed by atoms with Gasteiger partial charge in [-0.2, -0.15) is 9.61 Å². The van der Waals surface area contributed by atoms with Crippen molar-refractivity contribution >= 4 is 27.9 Å². The van der Waals surface area contributed by atoms with E-state index in [9.17, 15) is 4.79 Å². The molecule has 2 aromatic heterocycles. The molecule has 3 heterocycles. The number of aryl methyl sites for hydroxylation is 2. The average Bonchev–Trinajstić information content (AvgIpc) is 3.22. The number of fused-ring (bicyclic) bond motifs is 1. The summed E-state index contributed by atoms with van der Waals surface area (Å²) in [4.78, 5) is 17.6. The first-order valence-corrected chi connectivity index (χ1v) is 9.28. The third-order valence-corrected chi connectivity index (χ3v) is 5.45. The second kappa shape index (κ2) is 6.79. The Morgan fingerprint density at radius 3 is 2.60 bits per heavy atom. The molecule has 1 aliphatic rings. The van der Waals surface area contributed by atoms with E-state index >= 15 is 0 Å². The number of anilines is 1. The highest BCUT2D eigenvalue weighted by atomic mass is 32.1. The third-order valence-electron chi connectivity index (χ3n) is 4.50. The highest BCUT2D eigenvalue weighted by molar-refractivity contribution is 7.16. The molecule has 1 aromatic carbocycles. The van der Waals surface area contributed by atoms with Crippen molar-refractivity contribution in [1.82, 2.24) is 24.7 Å². The Morgan fingerprint density at radius 2 is 1.88 bits per heavy atom. The molecule has 4 rings (SSSR count). The molecule has 0 aliphatic carbocycles. The van der Waals surface area contributed by atoms with Crippen LogP contribution in [-0.4, -0.2) is 56.8 Å². The standard InChI is InChI=1S/C17H20N6OS/c1-13-18-19-17-23(13)20-15(25-17)7-8-16(24)22-11-9-21(10-12-22)14-5-3-2-4-6-14/h2-6H,7-12H2,1H3. The zero-order valence-electron chi connectivity index (χ0n) is 14.1. The van der Waals surface area contributed by atoms with Gasteiger partial charge in [0.1, 0.15) is 5.01 Å². The number of carbonyl (C=O) groups is 1. The molecule has 0 spiro atoms. The minimum atomic E-state index is 0.204. The average molecular weight is 356 g/mol. The Morgan fingerprint density at radius 1 is 1.12 bits per heavy atom. The summed E-state index contributed by atoms with van der Waals surface area (Å²) in [6.45, 7) is 5.19. The van der Waals surface area contributed by atoms with Crippen LogP contribution in [0, 0.1) is 6.92 Å². The van der Waals surface area contributed by atoms with E-state index in [0.29, 0.717) is 12.8 Å². The van der Waals surface area contributed by atoms with Crippen LogP contribution in [0.15, 0.2) is 30.3 Å². The summed E-state index contributed by atoms with van der Waals surface area (Å²) in [7, 11) is 0. The van der Waals surface area contributed by atoms with Gasteiger partial charge in [-0.05, 0) is 19.1 Å². The van der Waals surface area contributed by atoms with Gasteiger partial charge in [-0.3, -0.25) is 4.79 Å². The Balaban J connectivity index is 1.30. The molecule has 1 aliphatic heterocycles. The molecule has 7 nitrogen and oxygen atoms in total. The van der Waals surface area contributed by atoms with Crippen molar-refractivity contribution in [3.05, 3.63) is 41.2 Å². The van der Waals surface area contributed by atoms with Crippen LogP contribution in [0.2, 0.25) is 0 Å². The predicted molar refractivity (Wildman–Crippen MR) is 97.0 cm³/mol. The Hall–Kier alpha value is -2.48. The van der Waals surface area contributed by atoms with Gasteiger partial charge < -0.3 is 9.80 Å². The van der Waals surface area contributed by atoms with Gasteiger partial charge in [0, 0.05) is 44.7 Å². The van der Waals surface area contributed by atoms with Gasteiger partial charge in [0.25, 0.3) is 0 Å². The van der Waals surface area contributed by atoms with Gasteiger partial charge in [-0.25, -0.2) is 0 Å². The number of carbonyl (C=O) groups excluding carboxylic acids is 1. The highest BCUT2D eigenvalue weighted by Gasteiger charge is 2.21. The Bertz CT molecular complexity index is 866. The number of hydrogen-bond acceptors (Lipinski definition) is 6. The number of nitrogens with zero attached hydrogens (tertiary/aromatic N) is 6. The summed E-state index contributed by atoms with van der Waals surface area (Å²) in [6, 6.07) is 10.4. The molecule has 0 N–H and O–H groups in total. The summed E-state index contributed by atoms with van der Waals surface area (Å²) in [5.41, 5.74) is 1.23. The van der Waals surface area contributed by atoms with E-state index in [1.807, 2.05) is 17.9 Å². The number of hydrogen-bond donors (Lipinski definition) is 0. The van der Waals surface area contributed by atoms with Crippen LogP contribution in [0.25, 0.3) is 4.96 Å². The molecule has 0 bridgehead atoms. The number of benzene rings is 1. The van der Waals surface area contributed by atoms with Gasteiger partial charge in [-0.15, -0.1) is 10.2 Å². The summed E-state index contributed by atoms with van der Waals surface area (Å²) >= 11 is 1.50. The van der Waals surface area contributed by atoms with E-state index in [-0.39, 0.29) is 5.91 Å². The summed E-state index contributed by atoms with van der Waals surface area (Å²) < 4.78 is 1.74. The Labute approximate surface area is 149 Å². The van der Waals surface area contributed by atoms with Crippen molar-refractivity contribution in [1.29, 1.82) is 0 Å². The molecule has 0 unspecified atom stereocenters. The van der Waals surface area contributed by atoms with Crippen LogP contribution < -0.4 is 4.90 Å². The van der Waals surface area contributed by atoms with Gasteiger partial charge >= 0.3 is 0 Å². The van der Waals surface area contributed by atoms with Gasteiger partial charge in [0.05, 0.1) is 0 Å². The first-order chi connectivity index (χ1) is 12.2. The maximum absolute atomic E-state index is 12.5. The number of para-hydroxylation sites is 1. The summed E-state index contributed by atoms with van der Waals surface area (Å²) in [6.07, 6.45) is 1.15. The second-order valence-corrected chi connectivity index (χ2v) is 7.18. The van der Waals surface area contributed by atoms with E-state index in [0.717, 1.165) is 42.0 Å². The van der Waals surface area contributed by atoms with Crippen LogP contribution in [0.3, 0.4) is 0 Å². The van der Waals surface area contributed by atoms with Crippen LogP contribution in [0.4, 0.5) is 5.69 Å². The van der Waals surface area contributed by atoms with E-state index in [2.05, 4.69) is 44.5 Å². The van der Waals surface area contributed by atoms with E-state index in [4.69, 9.17) is 0 Å². The van der Waals surface area contributed by atoms with Crippen LogP contribution in [0.5, 0.6) is 0 Å². The number of rotatable bonds is 4. The zero-order chi connectivity index (χ0) is 17.2. The van der Waals surface area contributed by atoms with E-state index in [1.54, 1.807) is 4.52 Å². The van der Waals surface area contributed by atoms with Crippen molar-refractivity contribution in [3.8, 4) is 0 Å². The maximum Gasteiger partial charge on any atom is 0.234 e. The number of piperazine rings is 1. The lowest BCUT2D eigenvalue weighted by Crippen LogP contribution is -2.48. The zero-order valence-corrected chi connectivity index (χ0v) is 14.9. The van der Waals surface area contributed by atoms with Gasteiger partial charge in [-0.1, -0.05) is 29.5 Å². The highest BCUT2D eigenvalue weighted by Crippen LogP contribution is 2.18. The lowest BCUT2D eigenvalue weighted by molar-refractivity contribution is -0.131. The predicted octanol–water partition coefficient (Wildman–Crippen LogP) is 1.78. The minimum Gasteiger partial charge on any atom is -0.368 e. The third kappa shape index (κ3) is 3.34. The normalized spacial score (nSPS) is 15.1. The molecular weight excluding hydrogens is 336 g/mol. The van der Waals surface area contributed by atoms with Crippen LogP contribution in [-0.2, 0) is 11.2 Å². The van der Waals surface area contributed by atoms with Crippen LogP contribution in [0.1, 0.15) is 17.3 Å². The van der Waals surface area contributed by atoms with Crippen LogP contribution >= 0.6 is 11.3 Å². The van der Waals surface area contributed by atoms with Crippen molar-refractivity contribution in [3.63, 3.8) is 0 Å². The molecule has 3 aromatic rings. The number of amides is 1. The molecular formula is C17H20N6OS. The second-order valence-electron chi connectivity index (χ2n) is 6.14. The van der Waals surface area contributed by atoms with Gasteiger partial charge in [0.2, 0.25) is 10.9 Å². The summed E-state index contributed by atoms with van der Waals surface area (Å²) in [5.74, 6) is 0.983. The quantitative estimate of drug-likeness (QED) is 0.713. The fraction of sp³-hybridized carbons (Fsp3) is 0.412. The van der Waals surface area contributed by atoms with E-state index < -0.39 is 0 Å². The lowest BCUT2D eigenvalue weighted by atomic mass is 10.2. The molecule has 130 valence electrons. The molecule has 1 saturated heterocycles. The Kier molecular flexibility index (Phi) is 4.35. The van der Waals surface area contributed by atoms with E-state index in [1.165, 1.54) is 17.0 Å². The minimum absolute atomic E-state index is 0.204. The maximum atomic E-state index is 12.5. The van der Waals surface area contributed by atoms with Gasteiger partial charge in [0.15, 0.2) is 5.82 Å². The largest absolute Gasteiger partial charge is 0.368 e. The SMILES string of the molecule is Cc1nnc2sc(CCC(=O)N3CCN(c4ccccc4)CC3)nn12. The molecule has 0 saturated carbocycles. The molecule has 0 atom stereocenters. The van der Waals surface area contributed by atoms with Crippen molar-refractivity contribution in [2.45, 2.75) is 19.8 Å². The molecule has 0 radical (unpaired) electrons. The first kappa shape index (κ1) is 16.0. The lowest BCUT2D eigenvalue weighted by Gasteiger charge is -2.36. The topological polar surface area (TPSA) is 66.6 Å².